The number of carboxylic acids is 1. The molecule has 1 aromatic carbocycles. The molecule has 1 heterocycles. The molecule has 1 aliphatic heterocycles. The first kappa shape index (κ1) is 13.7. The van der Waals surface area contributed by atoms with Crippen LogP contribution in [0.3, 0.4) is 0 Å². The zero-order valence-electron chi connectivity index (χ0n) is 11.9. The lowest BCUT2D eigenvalue weighted by Gasteiger charge is -2.23. The minimum atomic E-state index is -0.712. The van der Waals surface area contributed by atoms with Crippen molar-refractivity contribution >= 4 is 17.3 Å². The number of hydrogen-bond donors (Lipinski definition) is 1. The van der Waals surface area contributed by atoms with E-state index in [1.807, 2.05) is 14.1 Å². The summed E-state index contributed by atoms with van der Waals surface area (Å²) >= 11 is 0. The minimum absolute atomic E-state index is 0.123. The van der Waals surface area contributed by atoms with Gasteiger partial charge in [-0.05, 0) is 42.5 Å². The normalized spacial score (nSPS) is 18.7. The van der Waals surface area contributed by atoms with Crippen LogP contribution in [0.25, 0.3) is 0 Å². The lowest BCUT2D eigenvalue weighted by atomic mass is 9.90. The van der Waals surface area contributed by atoms with Crippen molar-refractivity contribution < 1.29 is 9.90 Å². The van der Waals surface area contributed by atoms with Crippen molar-refractivity contribution in [1.29, 1.82) is 0 Å². The van der Waals surface area contributed by atoms with E-state index in [4.69, 9.17) is 5.11 Å². The fourth-order valence-electron chi connectivity index (χ4n) is 2.77. The van der Waals surface area contributed by atoms with Crippen LogP contribution in [0, 0.1) is 0 Å². The smallest absolute Gasteiger partial charge is 0.303 e. The molecule has 1 unspecified atom stereocenters. The third kappa shape index (κ3) is 3.00. The highest BCUT2D eigenvalue weighted by molar-refractivity contribution is 5.70. The average Bonchev–Trinajstić information content (AvgIpc) is 2.49. The first-order valence-corrected chi connectivity index (χ1v) is 6.73. The van der Waals surface area contributed by atoms with E-state index in [0.29, 0.717) is 0 Å². The average molecular weight is 262 g/mol. The second-order valence-electron chi connectivity index (χ2n) is 5.50. The second kappa shape index (κ2) is 5.51. The van der Waals surface area contributed by atoms with Crippen LogP contribution in [-0.2, 0) is 4.79 Å². The van der Waals surface area contributed by atoms with E-state index in [1.54, 1.807) is 0 Å². The third-order valence-electron chi connectivity index (χ3n) is 3.85. The van der Waals surface area contributed by atoms with Gasteiger partial charge in [0.1, 0.15) is 0 Å². The molecule has 0 radical (unpaired) electrons. The molecule has 0 saturated carbocycles. The molecular formula is C15H22N2O2. The van der Waals surface area contributed by atoms with E-state index in [0.717, 1.165) is 25.1 Å². The van der Waals surface area contributed by atoms with Crippen molar-refractivity contribution in [2.75, 3.05) is 37.5 Å². The standard InChI is InChI=1S/C15H22N2O2/c1-16(2)12-6-7-14-13(10-12)11(9-15(18)19)5-4-8-17(14)3/h6-7,10-11H,4-5,8-9H2,1-3H3,(H,18,19). The number of rotatable bonds is 3. The Morgan fingerprint density at radius 1 is 1.47 bits per heavy atom. The van der Waals surface area contributed by atoms with Gasteiger partial charge in [-0.2, -0.15) is 0 Å². The fraction of sp³-hybridized carbons (Fsp3) is 0.533. The highest BCUT2D eigenvalue weighted by Crippen LogP contribution is 2.37. The maximum absolute atomic E-state index is 11.1. The molecule has 0 aromatic heterocycles. The van der Waals surface area contributed by atoms with Gasteiger partial charge in [0.05, 0.1) is 6.42 Å². The van der Waals surface area contributed by atoms with Crippen molar-refractivity contribution in [2.24, 2.45) is 0 Å². The largest absolute Gasteiger partial charge is 0.481 e. The van der Waals surface area contributed by atoms with Crippen LogP contribution in [0.5, 0.6) is 0 Å². The van der Waals surface area contributed by atoms with Crippen LogP contribution < -0.4 is 9.80 Å². The zero-order valence-corrected chi connectivity index (χ0v) is 11.9. The van der Waals surface area contributed by atoms with Crippen molar-refractivity contribution in [3.8, 4) is 0 Å². The predicted molar refractivity (Wildman–Crippen MR) is 78.3 cm³/mol. The predicted octanol–water partition coefficient (Wildman–Crippen LogP) is 2.54. The first-order valence-electron chi connectivity index (χ1n) is 6.73. The van der Waals surface area contributed by atoms with E-state index in [1.165, 1.54) is 11.3 Å². The molecule has 2 rings (SSSR count). The third-order valence-corrected chi connectivity index (χ3v) is 3.85. The molecule has 0 spiro atoms. The molecule has 4 nitrogen and oxygen atoms in total. The Hall–Kier alpha value is -1.71. The van der Waals surface area contributed by atoms with E-state index in [2.05, 4.69) is 35.0 Å². The topological polar surface area (TPSA) is 43.8 Å². The Kier molecular flexibility index (Phi) is 3.98. The van der Waals surface area contributed by atoms with Crippen LogP contribution in [-0.4, -0.2) is 38.8 Å². The van der Waals surface area contributed by atoms with Crippen LogP contribution in [0.15, 0.2) is 18.2 Å². The van der Waals surface area contributed by atoms with Crippen LogP contribution in [0.1, 0.15) is 30.7 Å². The molecule has 0 aliphatic carbocycles. The lowest BCUT2D eigenvalue weighted by Crippen LogP contribution is -2.18. The maximum atomic E-state index is 11.1. The molecule has 1 aromatic rings. The van der Waals surface area contributed by atoms with E-state index in [9.17, 15) is 4.79 Å². The molecule has 0 saturated heterocycles. The van der Waals surface area contributed by atoms with Gasteiger partial charge in [-0.1, -0.05) is 0 Å². The molecule has 0 amide bonds. The number of aliphatic carboxylic acids is 1. The van der Waals surface area contributed by atoms with Crippen molar-refractivity contribution in [1.82, 2.24) is 0 Å². The summed E-state index contributed by atoms with van der Waals surface area (Å²) in [5, 5.41) is 9.10. The summed E-state index contributed by atoms with van der Waals surface area (Å²) in [5.41, 5.74) is 3.48. The molecule has 1 atom stereocenters. The Morgan fingerprint density at radius 2 is 2.21 bits per heavy atom. The number of carboxylic acid groups (broad SMARTS) is 1. The summed E-state index contributed by atoms with van der Waals surface area (Å²) in [5.74, 6) is -0.590. The molecular weight excluding hydrogens is 240 g/mol. The monoisotopic (exact) mass is 262 g/mol. The van der Waals surface area contributed by atoms with Gasteiger partial charge >= 0.3 is 5.97 Å². The Labute approximate surface area is 114 Å². The summed E-state index contributed by atoms with van der Waals surface area (Å²) in [7, 11) is 6.10. The van der Waals surface area contributed by atoms with Crippen LogP contribution in [0.2, 0.25) is 0 Å². The van der Waals surface area contributed by atoms with E-state index in [-0.39, 0.29) is 12.3 Å². The van der Waals surface area contributed by atoms with Gasteiger partial charge in [0, 0.05) is 39.1 Å². The van der Waals surface area contributed by atoms with Gasteiger partial charge in [0.15, 0.2) is 0 Å². The summed E-state index contributed by atoms with van der Waals surface area (Å²) in [6.45, 7) is 0.991. The quantitative estimate of drug-likeness (QED) is 0.909. The Bertz CT molecular complexity index is 471. The molecule has 1 aliphatic rings. The summed E-state index contributed by atoms with van der Waals surface area (Å²) in [6, 6.07) is 6.36. The SMILES string of the molecule is CN(C)c1ccc2c(c1)C(CC(=O)O)CCCN2C. The number of hydrogen-bond acceptors (Lipinski definition) is 3. The van der Waals surface area contributed by atoms with Crippen molar-refractivity contribution in [2.45, 2.75) is 25.2 Å². The van der Waals surface area contributed by atoms with Crippen LogP contribution in [0.4, 0.5) is 11.4 Å². The maximum Gasteiger partial charge on any atom is 0.303 e. The molecule has 19 heavy (non-hydrogen) atoms. The zero-order chi connectivity index (χ0) is 14.0. The van der Waals surface area contributed by atoms with E-state index >= 15 is 0 Å². The minimum Gasteiger partial charge on any atom is -0.481 e. The number of benzene rings is 1. The number of carbonyl (C=O) groups is 1. The van der Waals surface area contributed by atoms with Gasteiger partial charge in [-0.3, -0.25) is 4.79 Å². The van der Waals surface area contributed by atoms with Gasteiger partial charge in [0.25, 0.3) is 0 Å². The molecule has 0 fully saturated rings. The van der Waals surface area contributed by atoms with E-state index < -0.39 is 5.97 Å². The summed E-state index contributed by atoms with van der Waals surface area (Å²) in [6.07, 6.45) is 2.21. The van der Waals surface area contributed by atoms with Crippen molar-refractivity contribution in [3.05, 3.63) is 23.8 Å². The van der Waals surface area contributed by atoms with Gasteiger partial charge < -0.3 is 14.9 Å². The first-order chi connectivity index (χ1) is 8.99. The van der Waals surface area contributed by atoms with Gasteiger partial charge in [0.2, 0.25) is 0 Å². The lowest BCUT2D eigenvalue weighted by molar-refractivity contribution is -0.137. The number of fused-ring (bicyclic) bond motifs is 1. The summed E-state index contributed by atoms with van der Waals surface area (Å²) in [4.78, 5) is 15.4. The molecule has 0 bridgehead atoms. The highest BCUT2D eigenvalue weighted by atomic mass is 16.4. The second-order valence-corrected chi connectivity index (χ2v) is 5.50. The van der Waals surface area contributed by atoms with Crippen molar-refractivity contribution in [3.63, 3.8) is 0 Å². The summed E-state index contributed by atoms with van der Waals surface area (Å²) < 4.78 is 0. The van der Waals surface area contributed by atoms with Crippen LogP contribution >= 0.6 is 0 Å². The van der Waals surface area contributed by atoms with Gasteiger partial charge in [-0.25, -0.2) is 0 Å². The molecule has 1 N–H and O–H groups in total. The fourth-order valence-corrected chi connectivity index (χ4v) is 2.77. The van der Waals surface area contributed by atoms with Gasteiger partial charge in [-0.15, -0.1) is 0 Å². The highest BCUT2D eigenvalue weighted by Gasteiger charge is 2.23. The number of nitrogens with zero attached hydrogens (tertiary/aromatic N) is 2. The Balaban J connectivity index is 2.43. The molecule has 104 valence electrons. The number of anilines is 2. The molecule has 4 heteroatoms. The Morgan fingerprint density at radius 3 is 2.84 bits per heavy atom.